The summed E-state index contributed by atoms with van der Waals surface area (Å²) < 4.78 is 0. The number of amides is 3. The minimum atomic E-state index is -1.48. The topological polar surface area (TPSA) is 179 Å². The quantitative estimate of drug-likeness (QED) is 0.270. The molecule has 32 heavy (non-hydrogen) atoms. The monoisotopic (exact) mass is 456 g/mol. The fourth-order valence-electron chi connectivity index (χ4n) is 3.71. The molecule has 182 valence electrons. The molecule has 6 N–H and O–H groups in total. The third kappa shape index (κ3) is 7.77. The molecule has 1 rings (SSSR count). The van der Waals surface area contributed by atoms with E-state index >= 15 is 0 Å². The summed E-state index contributed by atoms with van der Waals surface area (Å²) >= 11 is 0. The highest BCUT2D eigenvalue weighted by molar-refractivity contribution is 5.95. The standard InChI is InChI=1S/C21H36N4O7/c1-5-12(4)17(21(31)32)24-18(28)14(10-16(26)27)23-19(29)15-7-6-8-25(15)20(30)13(22)9-11(2)3/h11-15,17H,5-10,22H2,1-4H3,(H,23,29)(H,24,28)(H,26,27)(H,31,32). The number of carbonyl (C=O) groups excluding carboxylic acids is 3. The lowest BCUT2D eigenvalue weighted by molar-refractivity contribution is -0.145. The van der Waals surface area contributed by atoms with Crippen LogP contribution in [0.25, 0.3) is 0 Å². The molecular formula is C21H36N4O7. The van der Waals surface area contributed by atoms with Gasteiger partial charge in [0.1, 0.15) is 18.1 Å². The van der Waals surface area contributed by atoms with E-state index in [0.29, 0.717) is 32.2 Å². The number of carboxylic acids is 2. The van der Waals surface area contributed by atoms with Crippen molar-refractivity contribution in [2.75, 3.05) is 6.54 Å². The second kappa shape index (κ2) is 12.4. The van der Waals surface area contributed by atoms with Crippen molar-refractivity contribution in [2.24, 2.45) is 17.6 Å². The fraction of sp³-hybridized carbons (Fsp3) is 0.762. The Bertz CT molecular complexity index is 712. The number of nitrogens with one attached hydrogen (secondary N) is 2. The average molecular weight is 457 g/mol. The molecule has 0 aliphatic carbocycles. The molecule has 11 heteroatoms. The summed E-state index contributed by atoms with van der Waals surface area (Å²) in [7, 11) is 0. The van der Waals surface area contributed by atoms with Crippen LogP contribution in [-0.4, -0.2) is 75.5 Å². The first-order valence-corrected chi connectivity index (χ1v) is 11.0. The van der Waals surface area contributed by atoms with Gasteiger partial charge in [-0.15, -0.1) is 0 Å². The van der Waals surface area contributed by atoms with Crippen molar-refractivity contribution in [3.05, 3.63) is 0 Å². The Morgan fingerprint density at radius 1 is 1.09 bits per heavy atom. The molecule has 0 radical (unpaired) electrons. The molecule has 5 unspecified atom stereocenters. The first kappa shape index (κ1) is 27.3. The molecular weight excluding hydrogens is 420 g/mol. The van der Waals surface area contributed by atoms with Crippen LogP contribution >= 0.6 is 0 Å². The Morgan fingerprint density at radius 3 is 2.22 bits per heavy atom. The maximum absolute atomic E-state index is 12.9. The Morgan fingerprint density at radius 2 is 1.72 bits per heavy atom. The van der Waals surface area contributed by atoms with Gasteiger partial charge in [0.05, 0.1) is 12.5 Å². The van der Waals surface area contributed by atoms with Gasteiger partial charge in [-0.2, -0.15) is 0 Å². The molecule has 1 aliphatic rings. The van der Waals surface area contributed by atoms with Gasteiger partial charge in [0, 0.05) is 6.54 Å². The predicted molar refractivity (Wildman–Crippen MR) is 115 cm³/mol. The molecule has 3 amide bonds. The number of rotatable bonds is 12. The molecule has 0 aromatic carbocycles. The highest BCUT2D eigenvalue weighted by Crippen LogP contribution is 2.20. The Labute approximate surface area is 188 Å². The smallest absolute Gasteiger partial charge is 0.326 e. The number of likely N-dealkylation sites (tertiary alicyclic amines) is 1. The molecule has 0 spiro atoms. The fourth-order valence-corrected chi connectivity index (χ4v) is 3.71. The van der Waals surface area contributed by atoms with Gasteiger partial charge in [0.25, 0.3) is 0 Å². The highest BCUT2D eigenvalue weighted by Gasteiger charge is 2.38. The lowest BCUT2D eigenvalue weighted by Crippen LogP contribution is -2.57. The number of carbonyl (C=O) groups is 5. The minimum absolute atomic E-state index is 0.195. The third-order valence-electron chi connectivity index (χ3n) is 5.67. The summed E-state index contributed by atoms with van der Waals surface area (Å²) in [6, 6.07) is -4.32. The molecule has 0 aromatic rings. The van der Waals surface area contributed by atoms with Crippen LogP contribution < -0.4 is 16.4 Å². The zero-order chi connectivity index (χ0) is 24.6. The van der Waals surface area contributed by atoms with Crippen molar-refractivity contribution >= 4 is 29.7 Å². The van der Waals surface area contributed by atoms with Crippen LogP contribution in [0.5, 0.6) is 0 Å². The van der Waals surface area contributed by atoms with E-state index in [-0.39, 0.29) is 11.8 Å². The van der Waals surface area contributed by atoms with Crippen LogP contribution in [0.3, 0.4) is 0 Å². The number of aliphatic carboxylic acids is 2. The van der Waals surface area contributed by atoms with Gasteiger partial charge in [0.2, 0.25) is 17.7 Å². The van der Waals surface area contributed by atoms with E-state index in [1.807, 2.05) is 13.8 Å². The molecule has 0 aromatic heterocycles. The van der Waals surface area contributed by atoms with Gasteiger partial charge < -0.3 is 31.5 Å². The highest BCUT2D eigenvalue weighted by atomic mass is 16.4. The molecule has 1 saturated heterocycles. The van der Waals surface area contributed by atoms with Gasteiger partial charge in [-0.3, -0.25) is 19.2 Å². The average Bonchev–Trinajstić information content (AvgIpc) is 3.18. The van der Waals surface area contributed by atoms with Crippen LogP contribution in [0.1, 0.15) is 59.8 Å². The van der Waals surface area contributed by atoms with Crippen molar-refractivity contribution in [2.45, 2.75) is 84.0 Å². The molecule has 5 atom stereocenters. The summed E-state index contributed by atoms with van der Waals surface area (Å²) in [6.07, 6.45) is 1.14. The van der Waals surface area contributed by atoms with Crippen LogP contribution in [0.15, 0.2) is 0 Å². The number of carboxylic acid groups (broad SMARTS) is 2. The Kier molecular flexibility index (Phi) is 10.6. The summed E-state index contributed by atoms with van der Waals surface area (Å²) in [5, 5.41) is 23.3. The molecule has 1 heterocycles. The van der Waals surface area contributed by atoms with E-state index in [1.54, 1.807) is 13.8 Å². The predicted octanol–water partition coefficient (Wildman–Crippen LogP) is -0.0742. The van der Waals surface area contributed by atoms with E-state index in [2.05, 4.69) is 10.6 Å². The molecule has 1 fully saturated rings. The van der Waals surface area contributed by atoms with Gasteiger partial charge in [-0.1, -0.05) is 34.1 Å². The second-order valence-electron chi connectivity index (χ2n) is 8.79. The van der Waals surface area contributed by atoms with Crippen LogP contribution in [0, 0.1) is 11.8 Å². The van der Waals surface area contributed by atoms with E-state index in [1.165, 1.54) is 4.90 Å². The molecule has 1 aliphatic heterocycles. The SMILES string of the molecule is CCC(C)C(NC(=O)C(CC(=O)O)NC(=O)C1CCCN1C(=O)C(N)CC(C)C)C(=O)O. The first-order valence-electron chi connectivity index (χ1n) is 11.0. The van der Waals surface area contributed by atoms with Gasteiger partial charge in [-0.05, 0) is 31.1 Å². The van der Waals surface area contributed by atoms with Crippen molar-refractivity contribution in [3.63, 3.8) is 0 Å². The maximum Gasteiger partial charge on any atom is 0.326 e. The molecule has 0 bridgehead atoms. The van der Waals surface area contributed by atoms with Crippen LogP contribution in [0.4, 0.5) is 0 Å². The number of nitrogens with two attached hydrogens (primary N) is 1. The number of hydrogen-bond donors (Lipinski definition) is 5. The zero-order valence-corrected chi connectivity index (χ0v) is 19.2. The number of nitrogens with zero attached hydrogens (tertiary/aromatic N) is 1. The van der Waals surface area contributed by atoms with Crippen molar-refractivity contribution in [1.82, 2.24) is 15.5 Å². The minimum Gasteiger partial charge on any atom is -0.481 e. The summed E-state index contributed by atoms with van der Waals surface area (Å²) in [4.78, 5) is 62.4. The zero-order valence-electron chi connectivity index (χ0n) is 19.2. The number of hydrogen-bond acceptors (Lipinski definition) is 6. The normalized spacial score (nSPS) is 19.7. The molecule has 0 saturated carbocycles. The van der Waals surface area contributed by atoms with Crippen molar-refractivity contribution < 1.29 is 34.2 Å². The Balaban J connectivity index is 2.94. The van der Waals surface area contributed by atoms with E-state index in [9.17, 15) is 34.2 Å². The van der Waals surface area contributed by atoms with Gasteiger partial charge in [-0.25, -0.2) is 4.79 Å². The maximum atomic E-state index is 12.9. The lowest BCUT2D eigenvalue weighted by Gasteiger charge is -2.29. The summed E-state index contributed by atoms with van der Waals surface area (Å²) in [5.74, 6) is -4.72. The summed E-state index contributed by atoms with van der Waals surface area (Å²) in [5.41, 5.74) is 5.98. The Hall–Kier alpha value is -2.69. The van der Waals surface area contributed by atoms with E-state index < -0.39 is 60.3 Å². The van der Waals surface area contributed by atoms with Gasteiger partial charge in [0.15, 0.2) is 0 Å². The largest absolute Gasteiger partial charge is 0.481 e. The van der Waals surface area contributed by atoms with E-state index in [4.69, 9.17) is 5.73 Å². The first-order chi connectivity index (χ1) is 14.9. The second-order valence-corrected chi connectivity index (χ2v) is 8.79. The van der Waals surface area contributed by atoms with Crippen LogP contribution in [0.2, 0.25) is 0 Å². The van der Waals surface area contributed by atoms with Gasteiger partial charge >= 0.3 is 11.9 Å². The third-order valence-corrected chi connectivity index (χ3v) is 5.67. The summed E-state index contributed by atoms with van der Waals surface area (Å²) in [6.45, 7) is 7.61. The van der Waals surface area contributed by atoms with Crippen molar-refractivity contribution in [3.8, 4) is 0 Å². The van der Waals surface area contributed by atoms with Crippen molar-refractivity contribution in [1.29, 1.82) is 0 Å². The molecule has 11 nitrogen and oxygen atoms in total. The van der Waals surface area contributed by atoms with Crippen LogP contribution in [-0.2, 0) is 24.0 Å². The lowest BCUT2D eigenvalue weighted by atomic mass is 9.98. The van der Waals surface area contributed by atoms with E-state index in [0.717, 1.165) is 0 Å².